The third-order valence-electron chi connectivity index (χ3n) is 4.15. The largest absolute Gasteiger partial charge is 0.493 e. The molecule has 1 amide bonds. The first-order chi connectivity index (χ1) is 12.5. The summed E-state index contributed by atoms with van der Waals surface area (Å²) >= 11 is 5.99. The van der Waals surface area contributed by atoms with Crippen molar-refractivity contribution >= 4 is 34.1 Å². The second-order valence-corrected chi connectivity index (χ2v) is 6.31. The number of carbonyl (C=O) groups excluding carboxylic acids is 1. The zero-order chi connectivity index (χ0) is 18.7. The number of fused-ring (bicyclic) bond motifs is 1. The van der Waals surface area contributed by atoms with Crippen LogP contribution in [-0.4, -0.2) is 19.6 Å². The van der Waals surface area contributed by atoms with E-state index in [-0.39, 0.29) is 5.91 Å². The van der Waals surface area contributed by atoms with Crippen LogP contribution in [0.15, 0.2) is 53.2 Å². The summed E-state index contributed by atoms with van der Waals surface area (Å²) in [6.45, 7) is 4.34. The van der Waals surface area contributed by atoms with Gasteiger partial charge in [0.15, 0.2) is 0 Å². The normalized spacial score (nSPS) is 11.6. The van der Waals surface area contributed by atoms with Crippen LogP contribution >= 0.6 is 11.6 Å². The molecule has 3 aromatic rings. The van der Waals surface area contributed by atoms with Gasteiger partial charge in [0, 0.05) is 40.7 Å². The van der Waals surface area contributed by atoms with Gasteiger partial charge in [-0.1, -0.05) is 23.7 Å². The third-order valence-corrected chi connectivity index (χ3v) is 4.40. The number of likely N-dealkylation sites (N-methyl/N-ethyl adjacent to an activating group) is 1. The minimum Gasteiger partial charge on any atom is -0.493 e. The SMILES string of the molecule is CCOc1cc2occ(-c3ccc(Cl)cc3)c2cc1/C(C)=C/C(=O)NC. The van der Waals surface area contributed by atoms with Crippen molar-refractivity contribution < 1.29 is 13.9 Å². The van der Waals surface area contributed by atoms with E-state index >= 15 is 0 Å². The molecule has 26 heavy (non-hydrogen) atoms. The van der Waals surface area contributed by atoms with Crippen LogP contribution in [0.2, 0.25) is 5.02 Å². The maximum absolute atomic E-state index is 11.7. The van der Waals surface area contributed by atoms with Crippen molar-refractivity contribution in [2.75, 3.05) is 13.7 Å². The number of hydrogen-bond donors (Lipinski definition) is 1. The second kappa shape index (κ2) is 7.67. The van der Waals surface area contributed by atoms with Crippen LogP contribution in [-0.2, 0) is 4.79 Å². The van der Waals surface area contributed by atoms with Crippen molar-refractivity contribution in [3.05, 3.63) is 59.3 Å². The highest BCUT2D eigenvalue weighted by molar-refractivity contribution is 6.30. The van der Waals surface area contributed by atoms with Crippen LogP contribution < -0.4 is 10.1 Å². The Kier molecular flexibility index (Phi) is 5.33. The second-order valence-electron chi connectivity index (χ2n) is 5.88. The molecule has 0 unspecified atom stereocenters. The Labute approximate surface area is 157 Å². The van der Waals surface area contributed by atoms with E-state index < -0.39 is 0 Å². The van der Waals surface area contributed by atoms with Gasteiger partial charge in [-0.25, -0.2) is 0 Å². The van der Waals surface area contributed by atoms with Crippen LogP contribution in [0.3, 0.4) is 0 Å². The van der Waals surface area contributed by atoms with Gasteiger partial charge in [-0.2, -0.15) is 0 Å². The zero-order valence-electron chi connectivity index (χ0n) is 14.9. The third kappa shape index (κ3) is 3.60. The molecule has 1 aromatic heterocycles. The molecular weight excluding hydrogens is 350 g/mol. The Morgan fingerprint density at radius 1 is 1.27 bits per heavy atom. The van der Waals surface area contributed by atoms with Crippen LogP contribution in [0.1, 0.15) is 19.4 Å². The summed E-state index contributed by atoms with van der Waals surface area (Å²) in [4.78, 5) is 11.7. The molecule has 5 heteroatoms. The molecule has 0 radical (unpaired) electrons. The molecule has 3 rings (SSSR count). The molecule has 2 aromatic carbocycles. The predicted octanol–water partition coefficient (Wildman–Crippen LogP) is 5.30. The number of nitrogens with one attached hydrogen (secondary N) is 1. The Morgan fingerprint density at radius 3 is 2.65 bits per heavy atom. The van der Waals surface area contributed by atoms with E-state index in [1.54, 1.807) is 19.4 Å². The molecule has 0 aliphatic rings. The minimum absolute atomic E-state index is 0.157. The van der Waals surface area contributed by atoms with Crippen molar-refractivity contribution in [2.45, 2.75) is 13.8 Å². The van der Waals surface area contributed by atoms with Crippen LogP contribution in [0, 0.1) is 0 Å². The highest BCUT2D eigenvalue weighted by Gasteiger charge is 2.15. The van der Waals surface area contributed by atoms with Crippen LogP contribution in [0.25, 0.3) is 27.7 Å². The van der Waals surface area contributed by atoms with Crippen molar-refractivity contribution in [1.29, 1.82) is 0 Å². The number of carbonyl (C=O) groups is 1. The van der Waals surface area contributed by atoms with Gasteiger partial charge in [-0.05, 0) is 43.2 Å². The van der Waals surface area contributed by atoms with Gasteiger partial charge < -0.3 is 14.5 Å². The summed E-state index contributed by atoms with van der Waals surface area (Å²) in [5.41, 5.74) is 4.39. The zero-order valence-corrected chi connectivity index (χ0v) is 15.7. The summed E-state index contributed by atoms with van der Waals surface area (Å²) in [7, 11) is 1.60. The molecule has 0 aliphatic carbocycles. The molecule has 1 heterocycles. The maximum Gasteiger partial charge on any atom is 0.244 e. The molecule has 134 valence electrons. The highest BCUT2D eigenvalue weighted by Crippen LogP contribution is 2.37. The minimum atomic E-state index is -0.157. The molecule has 0 aliphatic heterocycles. The standard InChI is InChI=1S/C21H20ClNO3/c1-4-25-19-11-20-17(10-16(19)13(2)9-21(24)23-3)18(12-26-20)14-5-7-15(22)8-6-14/h5-12H,4H2,1-3H3,(H,23,24)/b13-9+. The summed E-state index contributed by atoms with van der Waals surface area (Å²) < 4.78 is 11.5. The molecule has 0 fully saturated rings. The lowest BCUT2D eigenvalue weighted by Gasteiger charge is -2.11. The average Bonchev–Trinajstić information content (AvgIpc) is 3.04. The van der Waals surface area contributed by atoms with E-state index in [1.807, 2.05) is 50.2 Å². The Bertz CT molecular complexity index is 971. The Balaban J connectivity index is 2.17. The molecule has 0 atom stereocenters. The van der Waals surface area contributed by atoms with Crippen molar-refractivity contribution in [3.8, 4) is 16.9 Å². The first-order valence-corrected chi connectivity index (χ1v) is 8.75. The fourth-order valence-corrected chi connectivity index (χ4v) is 2.96. The molecule has 1 N–H and O–H groups in total. The lowest BCUT2D eigenvalue weighted by atomic mass is 9.99. The monoisotopic (exact) mass is 369 g/mol. The topological polar surface area (TPSA) is 51.5 Å². The summed E-state index contributed by atoms with van der Waals surface area (Å²) in [6, 6.07) is 11.5. The first kappa shape index (κ1) is 18.1. The van der Waals surface area contributed by atoms with Gasteiger partial charge in [0.25, 0.3) is 0 Å². The molecule has 0 bridgehead atoms. The van der Waals surface area contributed by atoms with E-state index in [0.29, 0.717) is 17.4 Å². The number of ether oxygens (including phenoxy) is 1. The van der Waals surface area contributed by atoms with Crippen LogP contribution in [0.5, 0.6) is 5.75 Å². The summed E-state index contributed by atoms with van der Waals surface area (Å²) in [5.74, 6) is 0.532. The first-order valence-electron chi connectivity index (χ1n) is 8.37. The van der Waals surface area contributed by atoms with Gasteiger partial charge in [0.2, 0.25) is 5.91 Å². The number of amides is 1. The molecule has 4 nitrogen and oxygen atoms in total. The number of rotatable bonds is 5. The highest BCUT2D eigenvalue weighted by atomic mass is 35.5. The smallest absolute Gasteiger partial charge is 0.244 e. The van der Waals surface area contributed by atoms with Crippen molar-refractivity contribution in [1.82, 2.24) is 5.32 Å². The van der Waals surface area contributed by atoms with Gasteiger partial charge in [-0.3, -0.25) is 4.79 Å². The number of allylic oxidation sites excluding steroid dienone is 1. The number of benzene rings is 2. The number of hydrogen-bond acceptors (Lipinski definition) is 3. The van der Waals surface area contributed by atoms with Gasteiger partial charge in [-0.15, -0.1) is 0 Å². The molecular formula is C21H20ClNO3. The van der Waals surface area contributed by atoms with E-state index in [0.717, 1.165) is 33.2 Å². The van der Waals surface area contributed by atoms with Gasteiger partial charge in [0.05, 0.1) is 12.9 Å². The summed E-state index contributed by atoms with van der Waals surface area (Å²) in [5, 5.41) is 4.24. The van der Waals surface area contributed by atoms with Crippen LogP contribution in [0.4, 0.5) is 0 Å². The number of furan rings is 1. The van der Waals surface area contributed by atoms with E-state index in [2.05, 4.69) is 5.32 Å². The van der Waals surface area contributed by atoms with E-state index in [9.17, 15) is 4.79 Å². The fraction of sp³-hybridized carbons (Fsp3) is 0.190. The van der Waals surface area contributed by atoms with Gasteiger partial charge in [0.1, 0.15) is 11.3 Å². The average molecular weight is 370 g/mol. The molecule has 0 spiro atoms. The summed E-state index contributed by atoms with van der Waals surface area (Å²) in [6.07, 6.45) is 3.29. The van der Waals surface area contributed by atoms with E-state index in [4.69, 9.17) is 20.8 Å². The fourth-order valence-electron chi connectivity index (χ4n) is 2.84. The Morgan fingerprint density at radius 2 is 2.00 bits per heavy atom. The van der Waals surface area contributed by atoms with Crippen molar-refractivity contribution in [2.24, 2.45) is 0 Å². The van der Waals surface area contributed by atoms with Crippen molar-refractivity contribution in [3.63, 3.8) is 0 Å². The predicted molar refractivity (Wildman–Crippen MR) is 106 cm³/mol. The van der Waals surface area contributed by atoms with E-state index in [1.165, 1.54) is 0 Å². The number of halogens is 1. The molecule has 0 saturated carbocycles. The maximum atomic E-state index is 11.7. The van der Waals surface area contributed by atoms with Gasteiger partial charge >= 0.3 is 0 Å². The quantitative estimate of drug-likeness (QED) is 0.621. The lowest BCUT2D eigenvalue weighted by Crippen LogP contribution is -2.14. The lowest BCUT2D eigenvalue weighted by molar-refractivity contribution is -0.116. The molecule has 0 saturated heterocycles. The Hall–Kier alpha value is -2.72.